The summed E-state index contributed by atoms with van der Waals surface area (Å²) in [6.07, 6.45) is 3.72. The lowest BCUT2D eigenvalue weighted by Gasteiger charge is -2.45. The van der Waals surface area contributed by atoms with Crippen molar-refractivity contribution in [2.75, 3.05) is 4.90 Å². The molecule has 3 heterocycles. The van der Waals surface area contributed by atoms with Crippen molar-refractivity contribution in [3.05, 3.63) is 65.9 Å². The summed E-state index contributed by atoms with van der Waals surface area (Å²) in [4.78, 5) is 6.10. The quantitative estimate of drug-likeness (QED) is 0.757. The molecule has 0 saturated heterocycles. The molecule has 2 atom stereocenters. The van der Waals surface area contributed by atoms with E-state index in [-0.39, 0.29) is 0 Å². The second-order valence-electron chi connectivity index (χ2n) is 6.98. The van der Waals surface area contributed by atoms with Crippen LogP contribution in [0.2, 0.25) is 0 Å². The van der Waals surface area contributed by atoms with Crippen LogP contribution < -0.4 is 9.64 Å². The molecule has 1 aromatic carbocycles. The summed E-state index contributed by atoms with van der Waals surface area (Å²) in [5, 5.41) is 20.5. The highest BCUT2D eigenvalue weighted by Crippen LogP contribution is 2.44. The van der Waals surface area contributed by atoms with Gasteiger partial charge in [0.05, 0.1) is 36.7 Å². The number of hydrogen-bond donors (Lipinski definition) is 1. The monoisotopic (exact) mass is 365 g/mol. The van der Waals surface area contributed by atoms with Gasteiger partial charge in [0.25, 0.3) is 6.01 Å². The standard InChI is InChI=1S/C20H19N3O4/c1-20(2)18(24)17(15-10-13(11-21)5-6-16(15)27-20)23(19-22-7-9-26-19)12-14-4-3-8-25-14/h3-10,17-18,24H,12H2,1-2H3. The maximum absolute atomic E-state index is 11.2. The first-order valence-corrected chi connectivity index (χ1v) is 8.59. The molecule has 2 aromatic heterocycles. The zero-order valence-electron chi connectivity index (χ0n) is 15.0. The van der Waals surface area contributed by atoms with Crippen LogP contribution in [0.4, 0.5) is 6.01 Å². The predicted molar refractivity (Wildman–Crippen MR) is 96.0 cm³/mol. The van der Waals surface area contributed by atoms with E-state index in [1.807, 2.05) is 24.8 Å². The Morgan fingerprint density at radius 3 is 2.78 bits per heavy atom. The second-order valence-corrected chi connectivity index (χ2v) is 6.98. The minimum atomic E-state index is -0.902. The Morgan fingerprint density at radius 2 is 2.11 bits per heavy atom. The zero-order chi connectivity index (χ0) is 19.0. The summed E-state index contributed by atoms with van der Waals surface area (Å²) in [6.45, 7) is 3.99. The van der Waals surface area contributed by atoms with Crippen molar-refractivity contribution in [3.63, 3.8) is 0 Å². The molecule has 0 bridgehead atoms. The molecule has 27 heavy (non-hydrogen) atoms. The van der Waals surface area contributed by atoms with Gasteiger partial charge in [-0.2, -0.15) is 5.26 Å². The lowest BCUT2D eigenvalue weighted by Crippen LogP contribution is -2.53. The van der Waals surface area contributed by atoms with Crippen LogP contribution in [-0.4, -0.2) is 21.8 Å². The predicted octanol–water partition coefficient (Wildman–Crippen LogP) is 3.42. The average molecular weight is 365 g/mol. The number of aliphatic hydroxyl groups excluding tert-OH is 1. The molecule has 3 aromatic rings. The number of anilines is 1. The number of aromatic nitrogens is 1. The van der Waals surface area contributed by atoms with Crippen LogP contribution in [0.3, 0.4) is 0 Å². The molecule has 7 nitrogen and oxygen atoms in total. The number of rotatable bonds is 4. The molecule has 0 fully saturated rings. The Kier molecular flexibility index (Phi) is 4.13. The van der Waals surface area contributed by atoms with E-state index in [0.717, 1.165) is 0 Å². The van der Waals surface area contributed by atoms with Crippen molar-refractivity contribution in [3.8, 4) is 11.8 Å². The van der Waals surface area contributed by atoms with Gasteiger partial charge in [-0.05, 0) is 44.2 Å². The number of nitrogens with zero attached hydrogens (tertiary/aromatic N) is 3. The first kappa shape index (κ1) is 17.2. The van der Waals surface area contributed by atoms with Crippen LogP contribution in [0.15, 0.2) is 57.9 Å². The van der Waals surface area contributed by atoms with Crippen LogP contribution >= 0.6 is 0 Å². The molecule has 2 unspecified atom stereocenters. The topological polar surface area (TPSA) is 95.7 Å². The van der Waals surface area contributed by atoms with Crippen molar-refractivity contribution in [2.45, 2.75) is 38.1 Å². The van der Waals surface area contributed by atoms with Gasteiger partial charge in [-0.1, -0.05) is 0 Å². The average Bonchev–Trinajstić information content (AvgIpc) is 3.35. The van der Waals surface area contributed by atoms with Gasteiger partial charge in [0.2, 0.25) is 0 Å². The highest BCUT2D eigenvalue weighted by Gasteiger charge is 2.46. The van der Waals surface area contributed by atoms with E-state index in [9.17, 15) is 10.4 Å². The Balaban J connectivity index is 1.86. The normalized spacial score (nSPS) is 20.4. The summed E-state index contributed by atoms with van der Waals surface area (Å²) in [7, 11) is 0. The van der Waals surface area contributed by atoms with E-state index in [1.165, 1.54) is 6.26 Å². The van der Waals surface area contributed by atoms with Crippen molar-refractivity contribution in [2.24, 2.45) is 0 Å². The van der Waals surface area contributed by atoms with E-state index in [1.54, 1.807) is 36.7 Å². The van der Waals surface area contributed by atoms with E-state index in [0.29, 0.717) is 35.2 Å². The summed E-state index contributed by atoms with van der Waals surface area (Å²) in [5.41, 5.74) is 0.338. The minimum Gasteiger partial charge on any atom is -0.485 e. The van der Waals surface area contributed by atoms with Crippen molar-refractivity contribution in [1.29, 1.82) is 5.26 Å². The fraction of sp³-hybridized carbons (Fsp3) is 0.300. The molecule has 1 aliphatic heterocycles. The van der Waals surface area contributed by atoms with E-state index >= 15 is 0 Å². The van der Waals surface area contributed by atoms with E-state index in [2.05, 4.69) is 11.1 Å². The summed E-state index contributed by atoms with van der Waals surface area (Å²) < 4.78 is 17.0. The van der Waals surface area contributed by atoms with Crippen LogP contribution in [0.1, 0.15) is 36.8 Å². The largest absolute Gasteiger partial charge is 0.485 e. The minimum absolute atomic E-state index is 0.335. The summed E-state index contributed by atoms with van der Waals surface area (Å²) >= 11 is 0. The summed E-state index contributed by atoms with van der Waals surface area (Å²) in [5.74, 6) is 1.31. The molecule has 0 aliphatic carbocycles. The third-order valence-electron chi connectivity index (χ3n) is 4.75. The van der Waals surface area contributed by atoms with Crippen LogP contribution in [0.5, 0.6) is 5.75 Å². The molecular formula is C20H19N3O4. The van der Waals surface area contributed by atoms with Crippen molar-refractivity contribution < 1.29 is 18.7 Å². The number of nitriles is 1. The van der Waals surface area contributed by atoms with Gasteiger partial charge in [0.15, 0.2) is 0 Å². The zero-order valence-corrected chi connectivity index (χ0v) is 15.0. The molecule has 7 heteroatoms. The molecule has 4 rings (SSSR count). The van der Waals surface area contributed by atoms with Crippen LogP contribution in [0.25, 0.3) is 0 Å². The van der Waals surface area contributed by atoms with Gasteiger partial charge in [-0.15, -0.1) is 0 Å². The highest BCUT2D eigenvalue weighted by atomic mass is 16.5. The molecular weight excluding hydrogens is 346 g/mol. The van der Waals surface area contributed by atoms with E-state index in [4.69, 9.17) is 13.6 Å². The fourth-order valence-corrected chi connectivity index (χ4v) is 3.39. The third kappa shape index (κ3) is 3.04. The summed E-state index contributed by atoms with van der Waals surface area (Å²) in [6, 6.07) is 10.8. The van der Waals surface area contributed by atoms with Crippen molar-refractivity contribution >= 4 is 6.01 Å². The Labute approximate surface area is 156 Å². The Hall–Kier alpha value is -3.24. The second kappa shape index (κ2) is 6.49. The van der Waals surface area contributed by atoms with Gasteiger partial charge in [0.1, 0.15) is 29.5 Å². The third-order valence-corrected chi connectivity index (χ3v) is 4.75. The van der Waals surface area contributed by atoms with Gasteiger partial charge in [0, 0.05) is 5.56 Å². The van der Waals surface area contributed by atoms with Crippen LogP contribution in [-0.2, 0) is 6.54 Å². The number of fused-ring (bicyclic) bond motifs is 1. The van der Waals surface area contributed by atoms with E-state index < -0.39 is 17.7 Å². The Morgan fingerprint density at radius 1 is 1.26 bits per heavy atom. The smallest absolute Gasteiger partial charge is 0.298 e. The number of benzene rings is 1. The Bertz CT molecular complexity index is 958. The SMILES string of the molecule is CC1(C)Oc2ccc(C#N)cc2C(N(Cc2ccco2)c2ncco2)C1O. The molecule has 0 amide bonds. The fourth-order valence-electron chi connectivity index (χ4n) is 3.39. The maximum atomic E-state index is 11.2. The number of hydrogen-bond acceptors (Lipinski definition) is 7. The van der Waals surface area contributed by atoms with Gasteiger partial charge in [-0.25, -0.2) is 4.98 Å². The number of oxazole rings is 1. The van der Waals surface area contributed by atoms with Gasteiger partial charge in [-0.3, -0.25) is 0 Å². The van der Waals surface area contributed by atoms with Crippen LogP contribution in [0, 0.1) is 11.3 Å². The van der Waals surface area contributed by atoms with Gasteiger partial charge < -0.3 is 23.6 Å². The number of ether oxygens (including phenoxy) is 1. The van der Waals surface area contributed by atoms with Crippen molar-refractivity contribution in [1.82, 2.24) is 4.98 Å². The number of aliphatic hydroxyl groups is 1. The molecule has 0 saturated carbocycles. The highest BCUT2D eigenvalue weighted by molar-refractivity contribution is 5.50. The molecule has 1 N–H and O–H groups in total. The first-order valence-electron chi connectivity index (χ1n) is 8.59. The molecule has 0 spiro atoms. The molecule has 1 aliphatic rings. The lowest BCUT2D eigenvalue weighted by molar-refractivity contribution is -0.0598. The first-order chi connectivity index (χ1) is 13.0. The molecule has 138 valence electrons. The van der Waals surface area contributed by atoms with Gasteiger partial charge >= 0.3 is 0 Å². The lowest BCUT2D eigenvalue weighted by atomic mass is 9.85. The number of furan rings is 1. The molecule has 0 radical (unpaired) electrons. The maximum Gasteiger partial charge on any atom is 0.298 e.